The average Bonchev–Trinajstić information content (AvgIpc) is 3.32. The summed E-state index contributed by atoms with van der Waals surface area (Å²) in [6, 6.07) is 5.01. The lowest BCUT2D eigenvalue weighted by atomic mass is 10.0. The summed E-state index contributed by atoms with van der Waals surface area (Å²) in [6.07, 6.45) is 7.93. The number of aryl methyl sites for hydroxylation is 2. The summed E-state index contributed by atoms with van der Waals surface area (Å²) in [7, 11) is 3.98. The minimum absolute atomic E-state index is 0.0723. The van der Waals surface area contributed by atoms with E-state index in [-0.39, 0.29) is 11.9 Å². The Morgan fingerprint density at radius 2 is 2.19 bits per heavy atom. The van der Waals surface area contributed by atoms with Crippen LogP contribution in [-0.2, 0) is 25.3 Å². The summed E-state index contributed by atoms with van der Waals surface area (Å²) in [5.41, 5.74) is 2.19. The molecular formula is C20H25FN4O. The van der Waals surface area contributed by atoms with Crippen molar-refractivity contribution in [3.05, 3.63) is 54.0 Å². The molecular weight excluding hydrogens is 331 g/mol. The highest BCUT2D eigenvalue weighted by Crippen LogP contribution is 2.32. The summed E-state index contributed by atoms with van der Waals surface area (Å²) in [5, 5.41) is 4.70. The van der Waals surface area contributed by atoms with Gasteiger partial charge in [-0.3, -0.25) is 0 Å². The largest absolute Gasteiger partial charge is 0.370 e. The lowest BCUT2D eigenvalue weighted by molar-refractivity contribution is 0.0812. The first-order valence-corrected chi connectivity index (χ1v) is 9.16. The van der Waals surface area contributed by atoms with Crippen molar-refractivity contribution in [3.8, 4) is 0 Å². The third-order valence-electron chi connectivity index (χ3n) is 5.34. The Bertz CT molecular complexity index is 900. The number of halogens is 1. The summed E-state index contributed by atoms with van der Waals surface area (Å²) in [5.74, 6) is 1.26. The molecule has 2 atom stereocenters. The van der Waals surface area contributed by atoms with Gasteiger partial charge >= 0.3 is 0 Å². The minimum Gasteiger partial charge on any atom is -0.370 e. The predicted octanol–water partition coefficient (Wildman–Crippen LogP) is 2.96. The van der Waals surface area contributed by atoms with E-state index >= 15 is 0 Å². The van der Waals surface area contributed by atoms with Gasteiger partial charge in [-0.05, 0) is 43.1 Å². The SMILES string of the molecule is Cn1ccnc1[C@@H]1OCC[C@H]1CNCCc1cn(C)c2cc(F)ccc12. The van der Waals surface area contributed by atoms with Crippen molar-refractivity contribution < 1.29 is 9.13 Å². The number of imidazole rings is 1. The smallest absolute Gasteiger partial charge is 0.137 e. The van der Waals surface area contributed by atoms with Crippen LogP contribution in [0.15, 0.2) is 36.8 Å². The third kappa shape index (κ3) is 3.27. The summed E-state index contributed by atoms with van der Waals surface area (Å²) >= 11 is 0. The van der Waals surface area contributed by atoms with Gasteiger partial charge in [0.15, 0.2) is 0 Å². The maximum atomic E-state index is 13.4. The maximum absolute atomic E-state index is 13.4. The van der Waals surface area contributed by atoms with Crippen LogP contribution in [0.4, 0.5) is 4.39 Å². The summed E-state index contributed by atoms with van der Waals surface area (Å²) in [4.78, 5) is 4.44. The van der Waals surface area contributed by atoms with Gasteiger partial charge in [-0.15, -0.1) is 0 Å². The van der Waals surface area contributed by atoms with Crippen molar-refractivity contribution in [2.24, 2.45) is 20.0 Å². The molecule has 0 spiro atoms. The molecule has 0 aliphatic carbocycles. The van der Waals surface area contributed by atoms with Crippen LogP contribution >= 0.6 is 0 Å². The van der Waals surface area contributed by atoms with Crippen LogP contribution in [-0.4, -0.2) is 33.8 Å². The van der Waals surface area contributed by atoms with E-state index in [0.717, 1.165) is 49.3 Å². The molecule has 0 bridgehead atoms. The molecule has 0 saturated carbocycles. The van der Waals surface area contributed by atoms with Crippen molar-refractivity contribution >= 4 is 10.9 Å². The third-order valence-corrected chi connectivity index (χ3v) is 5.34. The highest BCUT2D eigenvalue weighted by Gasteiger charge is 2.31. The second-order valence-corrected chi connectivity index (χ2v) is 7.12. The number of benzene rings is 1. The van der Waals surface area contributed by atoms with E-state index in [1.807, 2.05) is 41.7 Å². The molecule has 3 heterocycles. The number of hydrogen-bond donors (Lipinski definition) is 1. The molecule has 26 heavy (non-hydrogen) atoms. The van der Waals surface area contributed by atoms with Crippen LogP contribution in [0.25, 0.3) is 10.9 Å². The zero-order chi connectivity index (χ0) is 18.1. The van der Waals surface area contributed by atoms with E-state index in [2.05, 4.69) is 16.5 Å². The van der Waals surface area contributed by atoms with Crippen molar-refractivity contribution in [2.45, 2.75) is 18.9 Å². The first kappa shape index (κ1) is 17.2. The Morgan fingerprint density at radius 1 is 1.31 bits per heavy atom. The van der Waals surface area contributed by atoms with Crippen molar-refractivity contribution in [1.29, 1.82) is 0 Å². The number of aromatic nitrogens is 3. The fourth-order valence-electron chi connectivity index (χ4n) is 3.93. The van der Waals surface area contributed by atoms with Gasteiger partial charge < -0.3 is 19.2 Å². The Morgan fingerprint density at radius 3 is 3.00 bits per heavy atom. The van der Waals surface area contributed by atoms with E-state index in [9.17, 15) is 4.39 Å². The Labute approximate surface area is 152 Å². The van der Waals surface area contributed by atoms with Gasteiger partial charge in [0.05, 0.1) is 5.52 Å². The van der Waals surface area contributed by atoms with Crippen LogP contribution in [0.1, 0.15) is 23.9 Å². The van der Waals surface area contributed by atoms with Crippen molar-refractivity contribution in [3.63, 3.8) is 0 Å². The van der Waals surface area contributed by atoms with E-state index < -0.39 is 0 Å². The van der Waals surface area contributed by atoms with Gasteiger partial charge in [-0.1, -0.05) is 0 Å². The maximum Gasteiger partial charge on any atom is 0.137 e. The molecule has 6 heteroatoms. The topological polar surface area (TPSA) is 44.0 Å². The number of ether oxygens (including phenoxy) is 1. The van der Waals surface area contributed by atoms with Crippen LogP contribution in [0, 0.1) is 11.7 Å². The van der Waals surface area contributed by atoms with E-state index in [1.54, 1.807) is 6.07 Å². The number of rotatable bonds is 6. The van der Waals surface area contributed by atoms with Gasteiger partial charge in [0.25, 0.3) is 0 Å². The lowest BCUT2D eigenvalue weighted by Crippen LogP contribution is -2.27. The first-order chi connectivity index (χ1) is 12.6. The zero-order valence-corrected chi connectivity index (χ0v) is 15.3. The fourth-order valence-corrected chi connectivity index (χ4v) is 3.93. The molecule has 138 valence electrons. The van der Waals surface area contributed by atoms with E-state index in [4.69, 9.17) is 4.74 Å². The lowest BCUT2D eigenvalue weighted by Gasteiger charge is -2.18. The van der Waals surface area contributed by atoms with Crippen molar-refractivity contribution in [1.82, 2.24) is 19.4 Å². The van der Waals surface area contributed by atoms with Gasteiger partial charge in [-0.2, -0.15) is 0 Å². The molecule has 4 rings (SSSR count). The number of nitrogens with zero attached hydrogens (tertiary/aromatic N) is 3. The fraction of sp³-hybridized carbons (Fsp3) is 0.450. The second-order valence-electron chi connectivity index (χ2n) is 7.12. The van der Waals surface area contributed by atoms with Crippen LogP contribution in [0.3, 0.4) is 0 Å². The first-order valence-electron chi connectivity index (χ1n) is 9.16. The van der Waals surface area contributed by atoms with Gasteiger partial charge in [-0.25, -0.2) is 9.37 Å². The Balaban J connectivity index is 1.35. The average molecular weight is 356 g/mol. The van der Waals surface area contributed by atoms with Crippen LogP contribution in [0.2, 0.25) is 0 Å². The molecule has 1 saturated heterocycles. The molecule has 0 amide bonds. The minimum atomic E-state index is -0.190. The predicted molar refractivity (Wildman–Crippen MR) is 99.5 cm³/mol. The molecule has 3 aromatic rings. The number of hydrogen-bond acceptors (Lipinski definition) is 3. The standard InChI is InChI=1S/C20H25FN4O/c1-24-9-8-23-20(24)19-14(6-10-26-19)12-22-7-5-15-13-25(2)18-11-16(21)3-4-17(15)18/h3-4,8-9,11,13-14,19,22H,5-7,10,12H2,1-2H3/t14-,19+/m0/s1. The molecule has 5 nitrogen and oxygen atoms in total. The number of nitrogens with one attached hydrogen (secondary N) is 1. The zero-order valence-electron chi connectivity index (χ0n) is 15.3. The van der Waals surface area contributed by atoms with E-state index in [1.165, 1.54) is 11.6 Å². The normalized spacial score (nSPS) is 20.3. The monoisotopic (exact) mass is 356 g/mol. The molecule has 0 radical (unpaired) electrons. The second kappa shape index (κ2) is 7.21. The number of fused-ring (bicyclic) bond motifs is 1. The summed E-state index contributed by atoms with van der Waals surface area (Å²) < 4.78 is 23.4. The van der Waals surface area contributed by atoms with Gasteiger partial charge in [0, 0.05) is 57.1 Å². The molecule has 1 aliphatic rings. The highest BCUT2D eigenvalue weighted by atomic mass is 19.1. The highest BCUT2D eigenvalue weighted by molar-refractivity contribution is 5.84. The molecule has 1 fully saturated rings. The Kier molecular flexibility index (Phi) is 4.78. The molecule has 1 aliphatic heterocycles. The van der Waals surface area contributed by atoms with Crippen LogP contribution in [0.5, 0.6) is 0 Å². The quantitative estimate of drug-likeness (QED) is 0.691. The molecule has 1 N–H and O–H groups in total. The van der Waals surface area contributed by atoms with Crippen LogP contribution < -0.4 is 5.32 Å². The Hall–Kier alpha value is -2.18. The van der Waals surface area contributed by atoms with Gasteiger partial charge in [0.2, 0.25) is 0 Å². The van der Waals surface area contributed by atoms with Crippen molar-refractivity contribution in [2.75, 3.05) is 19.7 Å². The van der Waals surface area contributed by atoms with Gasteiger partial charge in [0.1, 0.15) is 17.7 Å². The summed E-state index contributed by atoms with van der Waals surface area (Å²) in [6.45, 7) is 2.59. The molecule has 1 aromatic carbocycles. The van der Waals surface area contributed by atoms with E-state index in [0.29, 0.717) is 5.92 Å². The molecule has 2 aromatic heterocycles. The molecule has 0 unspecified atom stereocenters.